The van der Waals surface area contributed by atoms with Crippen molar-refractivity contribution < 1.29 is 0 Å². The van der Waals surface area contributed by atoms with Crippen molar-refractivity contribution in [2.75, 3.05) is 0 Å². The minimum absolute atomic E-state index is 0.438. The van der Waals surface area contributed by atoms with Crippen LogP contribution in [-0.4, -0.2) is 9.97 Å². The predicted molar refractivity (Wildman–Crippen MR) is 55.5 cm³/mol. The highest BCUT2D eigenvalue weighted by Crippen LogP contribution is 2.22. The van der Waals surface area contributed by atoms with Gasteiger partial charge >= 0.3 is 0 Å². The second-order valence-corrected chi connectivity index (χ2v) is 4.28. The SMILES string of the molecule is CC(C)c1nc(=S)c2c([nH]1)CCC2. The summed E-state index contributed by atoms with van der Waals surface area (Å²) in [7, 11) is 0. The number of aromatic nitrogens is 2. The summed E-state index contributed by atoms with van der Waals surface area (Å²) in [6.07, 6.45) is 3.47. The zero-order chi connectivity index (χ0) is 9.42. The van der Waals surface area contributed by atoms with Crippen molar-refractivity contribution in [2.45, 2.75) is 39.0 Å². The highest BCUT2D eigenvalue weighted by molar-refractivity contribution is 7.71. The normalized spacial score (nSPS) is 15.0. The van der Waals surface area contributed by atoms with E-state index in [1.54, 1.807) is 0 Å². The molecule has 0 aliphatic heterocycles. The van der Waals surface area contributed by atoms with Crippen molar-refractivity contribution in [1.82, 2.24) is 9.97 Å². The van der Waals surface area contributed by atoms with Gasteiger partial charge in [0, 0.05) is 17.2 Å². The maximum Gasteiger partial charge on any atom is 0.133 e. The van der Waals surface area contributed by atoms with Crippen LogP contribution in [0.15, 0.2) is 0 Å². The lowest BCUT2D eigenvalue weighted by Crippen LogP contribution is -2.02. The number of fused-ring (bicyclic) bond motifs is 1. The van der Waals surface area contributed by atoms with Crippen LogP contribution in [0.25, 0.3) is 0 Å². The molecule has 13 heavy (non-hydrogen) atoms. The summed E-state index contributed by atoms with van der Waals surface area (Å²) in [6, 6.07) is 0. The van der Waals surface area contributed by atoms with Gasteiger partial charge < -0.3 is 4.98 Å². The molecular weight excluding hydrogens is 180 g/mol. The Labute approximate surface area is 83.4 Å². The summed E-state index contributed by atoms with van der Waals surface area (Å²) in [5, 5.41) is 0. The summed E-state index contributed by atoms with van der Waals surface area (Å²) in [5.74, 6) is 1.47. The number of aromatic amines is 1. The van der Waals surface area contributed by atoms with E-state index in [2.05, 4.69) is 23.8 Å². The van der Waals surface area contributed by atoms with Crippen LogP contribution >= 0.6 is 12.2 Å². The lowest BCUT2D eigenvalue weighted by atomic mass is 10.2. The molecule has 0 amide bonds. The van der Waals surface area contributed by atoms with Gasteiger partial charge in [-0.05, 0) is 19.3 Å². The third kappa shape index (κ3) is 1.53. The molecule has 1 heterocycles. The van der Waals surface area contributed by atoms with Crippen molar-refractivity contribution in [3.63, 3.8) is 0 Å². The first-order chi connectivity index (χ1) is 6.18. The number of H-pyrrole nitrogens is 1. The molecule has 0 aromatic carbocycles. The van der Waals surface area contributed by atoms with Gasteiger partial charge in [0.25, 0.3) is 0 Å². The third-order valence-electron chi connectivity index (χ3n) is 2.52. The monoisotopic (exact) mass is 194 g/mol. The van der Waals surface area contributed by atoms with Crippen LogP contribution in [-0.2, 0) is 12.8 Å². The Morgan fingerprint density at radius 1 is 1.38 bits per heavy atom. The molecule has 0 unspecified atom stereocenters. The quantitative estimate of drug-likeness (QED) is 0.696. The Bertz CT molecular complexity index is 379. The standard InChI is InChI=1S/C10H14N2S/c1-6(2)9-11-8-5-3-4-7(8)10(13)12-9/h6H,3-5H2,1-2H3,(H,11,12,13). The molecule has 0 fully saturated rings. The molecule has 0 radical (unpaired) electrons. The first kappa shape index (κ1) is 8.88. The van der Waals surface area contributed by atoms with Crippen molar-refractivity contribution in [3.05, 3.63) is 21.7 Å². The fourth-order valence-electron chi connectivity index (χ4n) is 1.75. The average Bonchev–Trinajstić information content (AvgIpc) is 2.51. The topological polar surface area (TPSA) is 28.7 Å². The summed E-state index contributed by atoms with van der Waals surface area (Å²) in [6.45, 7) is 4.27. The van der Waals surface area contributed by atoms with Crippen LogP contribution < -0.4 is 0 Å². The molecule has 0 saturated carbocycles. The maximum absolute atomic E-state index is 5.25. The first-order valence-corrected chi connectivity index (χ1v) is 5.21. The van der Waals surface area contributed by atoms with Gasteiger partial charge in [0.1, 0.15) is 10.5 Å². The second kappa shape index (κ2) is 3.22. The predicted octanol–water partition coefficient (Wildman–Crippen LogP) is 2.75. The van der Waals surface area contributed by atoms with Crippen LogP contribution in [0.5, 0.6) is 0 Å². The molecule has 1 aliphatic carbocycles. The van der Waals surface area contributed by atoms with Crippen LogP contribution in [0.3, 0.4) is 0 Å². The summed E-state index contributed by atoms with van der Waals surface area (Å²) < 4.78 is 0.815. The van der Waals surface area contributed by atoms with Crippen LogP contribution in [0.4, 0.5) is 0 Å². The van der Waals surface area contributed by atoms with Gasteiger partial charge in [0.2, 0.25) is 0 Å². The minimum Gasteiger partial charge on any atom is -0.347 e. The summed E-state index contributed by atoms with van der Waals surface area (Å²) in [5.41, 5.74) is 2.60. The number of nitrogens with zero attached hydrogens (tertiary/aromatic N) is 1. The molecule has 0 saturated heterocycles. The lowest BCUT2D eigenvalue weighted by Gasteiger charge is -2.07. The molecule has 70 valence electrons. The van der Waals surface area contributed by atoms with E-state index in [9.17, 15) is 0 Å². The van der Waals surface area contributed by atoms with Crippen molar-refractivity contribution in [3.8, 4) is 0 Å². The molecular formula is C10H14N2S. The minimum atomic E-state index is 0.438. The largest absolute Gasteiger partial charge is 0.347 e. The lowest BCUT2D eigenvalue weighted by molar-refractivity contribution is 0.757. The summed E-state index contributed by atoms with van der Waals surface area (Å²) >= 11 is 5.25. The maximum atomic E-state index is 5.25. The first-order valence-electron chi connectivity index (χ1n) is 4.80. The van der Waals surface area contributed by atoms with Gasteiger partial charge in [-0.1, -0.05) is 26.1 Å². The fraction of sp³-hybridized carbons (Fsp3) is 0.600. The van der Waals surface area contributed by atoms with Gasteiger partial charge in [-0.25, -0.2) is 4.98 Å². The Morgan fingerprint density at radius 3 is 2.85 bits per heavy atom. The van der Waals surface area contributed by atoms with Gasteiger partial charge in [0.05, 0.1) is 0 Å². The molecule has 0 spiro atoms. The van der Waals surface area contributed by atoms with Gasteiger partial charge in [-0.15, -0.1) is 0 Å². The summed E-state index contributed by atoms with van der Waals surface area (Å²) in [4.78, 5) is 7.79. The Hall–Kier alpha value is -0.700. The number of rotatable bonds is 1. The highest BCUT2D eigenvalue weighted by atomic mass is 32.1. The van der Waals surface area contributed by atoms with Crippen molar-refractivity contribution in [2.24, 2.45) is 0 Å². The van der Waals surface area contributed by atoms with E-state index >= 15 is 0 Å². The van der Waals surface area contributed by atoms with Crippen LogP contribution in [0.2, 0.25) is 0 Å². The average molecular weight is 194 g/mol. The second-order valence-electron chi connectivity index (χ2n) is 3.89. The molecule has 1 aliphatic rings. The number of hydrogen-bond donors (Lipinski definition) is 1. The zero-order valence-corrected chi connectivity index (χ0v) is 8.87. The molecule has 1 N–H and O–H groups in total. The third-order valence-corrected chi connectivity index (χ3v) is 2.86. The molecule has 0 bridgehead atoms. The van der Waals surface area contributed by atoms with E-state index in [4.69, 9.17) is 12.2 Å². The van der Waals surface area contributed by atoms with Crippen molar-refractivity contribution >= 4 is 12.2 Å². The highest BCUT2D eigenvalue weighted by Gasteiger charge is 2.15. The van der Waals surface area contributed by atoms with Gasteiger partial charge in [-0.3, -0.25) is 0 Å². The molecule has 2 rings (SSSR count). The van der Waals surface area contributed by atoms with Crippen LogP contribution in [0, 0.1) is 4.64 Å². The Morgan fingerprint density at radius 2 is 2.15 bits per heavy atom. The van der Waals surface area contributed by atoms with Crippen LogP contribution in [0.1, 0.15) is 43.3 Å². The van der Waals surface area contributed by atoms with E-state index < -0.39 is 0 Å². The Kier molecular flexibility index (Phi) is 2.20. The number of aryl methyl sites for hydroxylation is 1. The molecule has 2 nitrogen and oxygen atoms in total. The Balaban J connectivity index is 2.56. The number of hydrogen-bond acceptors (Lipinski definition) is 2. The molecule has 0 atom stereocenters. The fourth-order valence-corrected chi connectivity index (χ4v) is 2.07. The molecule has 3 heteroatoms. The van der Waals surface area contributed by atoms with E-state index in [1.807, 2.05) is 0 Å². The van der Waals surface area contributed by atoms with Gasteiger partial charge in [0.15, 0.2) is 0 Å². The van der Waals surface area contributed by atoms with E-state index in [0.717, 1.165) is 23.3 Å². The van der Waals surface area contributed by atoms with E-state index in [-0.39, 0.29) is 0 Å². The van der Waals surface area contributed by atoms with E-state index in [1.165, 1.54) is 17.7 Å². The molecule has 1 aromatic rings. The van der Waals surface area contributed by atoms with E-state index in [0.29, 0.717) is 5.92 Å². The van der Waals surface area contributed by atoms with Crippen molar-refractivity contribution in [1.29, 1.82) is 0 Å². The zero-order valence-electron chi connectivity index (χ0n) is 8.05. The van der Waals surface area contributed by atoms with Gasteiger partial charge in [-0.2, -0.15) is 0 Å². The smallest absolute Gasteiger partial charge is 0.133 e. The number of nitrogens with one attached hydrogen (secondary N) is 1. The molecule has 1 aromatic heterocycles.